The molecule has 4 aliphatic rings. The number of likely N-dealkylation sites (tertiary alicyclic amines) is 1. The second kappa shape index (κ2) is 6.77. The summed E-state index contributed by atoms with van der Waals surface area (Å²) in [6, 6.07) is 0. The van der Waals surface area contributed by atoms with Gasteiger partial charge in [0.1, 0.15) is 17.3 Å². The molecule has 3 fully saturated rings. The van der Waals surface area contributed by atoms with E-state index in [0.717, 1.165) is 88.3 Å². The number of nitrogens with zero attached hydrogens (tertiary/aromatic N) is 4. The number of aromatic nitrogens is 2. The average Bonchev–Trinajstić information content (AvgIpc) is 3.41. The molecule has 0 bridgehead atoms. The molecule has 7 nitrogen and oxygen atoms in total. The fraction of sp³-hybridized carbons (Fsp3) is 0.700. The standard InChI is InChI=1S/C20H27N5O2/c26-19-16-15(5-8-21-19)18(23-17(22-16)13-3-4-13)24-11-6-14(7-12-24)20(27)25-9-1-2-10-25/h13-14H,1-12H2,(H,21,26). The molecule has 0 unspecified atom stereocenters. The fourth-order valence-corrected chi connectivity index (χ4v) is 4.61. The Labute approximate surface area is 159 Å². The van der Waals surface area contributed by atoms with Crippen molar-refractivity contribution in [3.63, 3.8) is 0 Å². The highest BCUT2D eigenvalue weighted by Crippen LogP contribution is 2.40. The third kappa shape index (κ3) is 3.17. The predicted octanol–water partition coefficient (Wildman–Crippen LogP) is 1.48. The molecular formula is C20H27N5O2. The lowest BCUT2D eigenvalue weighted by atomic mass is 9.94. The van der Waals surface area contributed by atoms with Gasteiger partial charge in [-0.2, -0.15) is 0 Å². The second-order valence-corrected chi connectivity index (χ2v) is 8.31. The third-order valence-corrected chi connectivity index (χ3v) is 6.38. The van der Waals surface area contributed by atoms with E-state index >= 15 is 0 Å². The number of anilines is 1. The molecule has 144 valence electrons. The van der Waals surface area contributed by atoms with Crippen LogP contribution >= 0.6 is 0 Å². The predicted molar refractivity (Wildman–Crippen MR) is 101 cm³/mol. The van der Waals surface area contributed by atoms with Crippen LogP contribution in [0.2, 0.25) is 0 Å². The summed E-state index contributed by atoms with van der Waals surface area (Å²) < 4.78 is 0. The summed E-state index contributed by atoms with van der Waals surface area (Å²) in [7, 11) is 0. The Morgan fingerprint density at radius 2 is 1.74 bits per heavy atom. The highest BCUT2D eigenvalue weighted by molar-refractivity contribution is 5.96. The van der Waals surface area contributed by atoms with Gasteiger partial charge in [0.15, 0.2) is 0 Å². The molecule has 7 heteroatoms. The largest absolute Gasteiger partial charge is 0.356 e. The summed E-state index contributed by atoms with van der Waals surface area (Å²) in [5.74, 6) is 2.61. The van der Waals surface area contributed by atoms with E-state index in [1.807, 2.05) is 4.90 Å². The molecule has 5 rings (SSSR count). The van der Waals surface area contributed by atoms with Crippen molar-refractivity contribution in [1.29, 1.82) is 0 Å². The van der Waals surface area contributed by atoms with Crippen LogP contribution in [-0.2, 0) is 11.2 Å². The summed E-state index contributed by atoms with van der Waals surface area (Å²) >= 11 is 0. The zero-order valence-electron chi connectivity index (χ0n) is 15.7. The first-order valence-electron chi connectivity index (χ1n) is 10.4. The molecule has 0 spiro atoms. The lowest BCUT2D eigenvalue weighted by Gasteiger charge is -2.35. The number of rotatable bonds is 3. The Bertz CT molecular complexity index is 762. The highest BCUT2D eigenvalue weighted by atomic mass is 16.2. The lowest BCUT2D eigenvalue weighted by Crippen LogP contribution is -2.43. The van der Waals surface area contributed by atoms with E-state index in [1.54, 1.807) is 0 Å². The van der Waals surface area contributed by atoms with Crippen LogP contribution in [0.3, 0.4) is 0 Å². The molecule has 0 radical (unpaired) electrons. The molecule has 2 amide bonds. The minimum atomic E-state index is -0.0686. The van der Waals surface area contributed by atoms with Crippen LogP contribution in [0.15, 0.2) is 0 Å². The zero-order valence-corrected chi connectivity index (χ0v) is 15.7. The van der Waals surface area contributed by atoms with E-state index in [2.05, 4.69) is 15.2 Å². The van der Waals surface area contributed by atoms with Crippen LogP contribution in [0.5, 0.6) is 0 Å². The Kier molecular flexibility index (Phi) is 4.25. The molecule has 2 saturated heterocycles. The molecule has 1 aromatic rings. The van der Waals surface area contributed by atoms with Gasteiger partial charge in [-0.25, -0.2) is 9.97 Å². The Hall–Kier alpha value is -2.18. The lowest BCUT2D eigenvalue weighted by molar-refractivity contribution is -0.135. The normalized spacial score (nSPS) is 23.3. The molecule has 0 aromatic carbocycles. The number of nitrogens with one attached hydrogen (secondary N) is 1. The molecule has 1 aliphatic carbocycles. The number of hydrogen-bond acceptors (Lipinski definition) is 5. The number of fused-ring (bicyclic) bond motifs is 1. The van der Waals surface area contributed by atoms with Gasteiger partial charge in [-0.15, -0.1) is 0 Å². The van der Waals surface area contributed by atoms with Crippen LogP contribution in [0.1, 0.15) is 66.3 Å². The molecule has 0 atom stereocenters. The summed E-state index contributed by atoms with van der Waals surface area (Å²) in [6.07, 6.45) is 7.05. The van der Waals surface area contributed by atoms with E-state index in [4.69, 9.17) is 4.98 Å². The molecule has 1 N–H and O–H groups in total. The first-order valence-corrected chi connectivity index (χ1v) is 10.4. The van der Waals surface area contributed by atoms with Crippen molar-refractivity contribution in [2.75, 3.05) is 37.6 Å². The number of piperidine rings is 1. The quantitative estimate of drug-likeness (QED) is 0.873. The first-order chi connectivity index (χ1) is 13.2. The van der Waals surface area contributed by atoms with E-state index in [9.17, 15) is 9.59 Å². The number of amides is 2. The summed E-state index contributed by atoms with van der Waals surface area (Å²) in [5.41, 5.74) is 1.57. The summed E-state index contributed by atoms with van der Waals surface area (Å²) in [4.78, 5) is 38.9. The van der Waals surface area contributed by atoms with Gasteiger partial charge in [-0.1, -0.05) is 0 Å². The average molecular weight is 369 g/mol. The van der Waals surface area contributed by atoms with Gasteiger partial charge in [0.2, 0.25) is 5.91 Å². The SMILES string of the molecule is O=C1NCCc2c1nc(C1CC1)nc2N1CCC(C(=O)N2CCCC2)CC1. The number of hydrogen-bond donors (Lipinski definition) is 1. The van der Waals surface area contributed by atoms with Crippen molar-refractivity contribution in [1.82, 2.24) is 20.2 Å². The van der Waals surface area contributed by atoms with E-state index < -0.39 is 0 Å². The first kappa shape index (κ1) is 17.0. The minimum Gasteiger partial charge on any atom is -0.356 e. The van der Waals surface area contributed by atoms with Gasteiger partial charge in [0.25, 0.3) is 5.91 Å². The summed E-state index contributed by atoms with van der Waals surface area (Å²) in [6.45, 7) is 4.17. The van der Waals surface area contributed by atoms with Crippen LogP contribution < -0.4 is 10.2 Å². The Morgan fingerprint density at radius 3 is 2.44 bits per heavy atom. The maximum absolute atomic E-state index is 12.7. The van der Waals surface area contributed by atoms with Gasteiger partial charge in [-0.05, 0) is 44.9 Å². The molecule has 1 aromatic heterocycles. The number of carbonyl (C=O) groups is 2. The van der Waals surface area contributed by atoms with Crippen LogP contribution in [0, 0.1) is 5.92 Å². The van der Waals surface area contributed by atoms with Gasteiger partial charge in [-0.3, -0.25) is 9.59 Å². The van der Waals surface area contributed by atoms with Crippen LogP contribution in [-0.4, -0.2) is 59.4 Å². The molecule has 3 aliphatic heterocycles. The van der Waals surface area contributed by atoms with Crippen molar-refractivity contribution in [2.24, 2.45) is 5.92 Å². The van der Waals surface area contributed by atoms with Crippen LogP contribution in [0.25, 0.3) is 0 Å². The zero-order chi connectivity index (χ0) is 18.4. The Morgan fingerprint density at radius 1 is 1.00 bits per heavy atom. The van der Waals surface area contributed by atoms with Crippen molar-refractivity contribution < 1.29 is 9.59 Å². The van der Waals surface area contributed by atoms with Crippen molar-refractivity contribution in [2.45, 2.75) is 50.9 Å². The number of carbonyl (C=O) groups excluding carboxylic acids is 2. The highest BCUT2D eigenvalue weighted by Gasteiger charge is 2.35. The second-order valence-electron chi connectivity index (χ2n) is 8.31. The van der Waals surface area contributed by atoms with Crippen molar-refractivity contribution >= 4 is 17.6 Å². The maximum Gasteiger partial charge on any atom is 0.270 e. The van der Waals surface area contributed by atoms with Gasteiger partial charge >= 0.3 is 0 Å². The fourth-order valence-electron chi connectivity index (χ4n) is 4.61. The summed E-state index contributed by atoms with van der Waals surface area (Å²) in [5, 5.41) is 2.91. The minimum absolute atomic E-state index is 0.0686. The van der Waals surface area contributed by atoms with Gasteiger partial charge in [0, 0.05) is 50.1 Å². The molecule has 27 heavy (non-hydrogen) atoms. The van der Waals surface area contributed by atoms with Crippen LogP contribution in [0.4, 0.5) is 5.82 Å². The van der Waals surface area contributed by atoms with Crippen molar-refractivity contribution in [3.8, 4) is 0 Å². The molecule has 1 saturated carbocycles. The maximum atomic E-state index is 12.7. The Balaban J connectivity index is 1.36. The topological polar surface area (TPSA) is 78.4 Å². The monoisotopic (exact) mass is 369 g/mol. The van der Waals surface area contributed by atoms with Gasteiger partial charge in [0.05, 0.1) is 0 Å². The van der Waals surface area contributed by atoms with E-state index in [1.165, 1.54) is 0 Å². The molecular weight excluding hydrogens is 342 g/mol. The molecule has 4 heterocycles. The third-order valence-electron chi connectivity index (χ3n) is 6.38. The van der Waals surface area contributed by atoms with Gasteiger partial charge < -0.3 is 15.1 Å². The van der Waals surface area contributed by atoms with E-state index in [-0.39, 0.29) is 11.8 Å². The smallest absolute Gasteiger partial charge is 0.270 e. The van der Waals surface area contributed by atoms with Crippen molar-refractivity contribution in [3.05, 3.63) is 17.1 Å². The van der Waals surface area contributed by atoms with E-state index in [0.29, 0.717) is 24.1 Å².